The van der Waals surface area contributed by atoms with E-state index in [4.69, 9.17) is 10.5 Å². The summed E-state index contributed by atoms with van der Waals surface area (Å²) in [5.41, 5.74) is 8.00. The first-order valence-corrected chi connectivity index (χ1v) is 11.1. The Labute approximate surface area is 194 Å². The molecule has 0 saturated carbocycles. The summed E-state index contributed by atoms with van der Waals surface area (Å²) in [6.45, 7) is 0.533. The number of ether oxygens (including phenoxy) is 1. The van der Waals surface area contributed by atoms with Gasteiger partial charge in [-0.15, -0.1) is 11.3 Å². The summed E-state index contributed by atoms with van der Waals surface area (Å²) in [6, 6.07) is 9.63. The highest BCUT2D eigenvalue weighted by atomic mass is 79.9. The molecule has 164 valence electrons. The zero-order valence-electron chi connectivity index (χ0n) is 16.5. The van der Waals surface area contributed by atoms with Gasteiger partial charge in [0, 0.05) is 28.2 Å². The molecule has 4 aromatic rings. The number of fused-ring (bicyclic) bond motifs is 1. The van der Waals surface area contributed by atoms with Crippen molar-refractivity contribution >= 4 is 55.7 Å². The number of hydrogen-bond donors (Lipinski definition) is 2. The topological polar surface area (TPSA) is 112 Å². The fraction of sp³-hybridized carbons (Fsp3) is 0.143. The van der Waals surface area contributed by atoms with Gasteiger partial charge in [0.05, 0.1) is 18.7 Å². The van der Waals surface area contributed by atoms with E-state index in [1.807, 2.05) is 12.3 Å². The lowest BCUT2D eigenvalue weighted by atomic mass is 10.0. The van der Waals surface area contributed by atoms with Crippen LogP contribution in [-0.2, 0) is 16.1 Å². The van der Waals surface area contributed by atoms with Crippen molar-refractivity contribution in [3.63, 3.8) is 0 Å². The Kier molecular flexibility index (Phi) is 6.58. The van der Waals surface area contributed by atoms with E-state index in [0.717, 1.165) is 10.9 Å². The van der Waals surface area contributed by atoms with Crippen molar-refractivity contribution in [1.82, 2.24) is 14.8 Å². The smallest absolute Gasteiger partial charge is 0.275 e. The van der Waals surface area contributed by atoms with E-state index in [1.54, 1.807) is 28.3 Å². The van der Waals surface area contributed by atoms with Crippen LogP contribution in [0.1, 0.15) is 10.5 Å². The first kappa shape index (κ1) is 22.1. The zero-order chi connectivity index (χ0) is 22.7. The van der Waals surface area contributed by atoms with Crippen LogP contribution in [0.25, 0.3) is 22.0 Å². The lowest BCUT2D eigenvalue weighted by molar-refractivity contribution is -0.122. The van der Waals surface area contributed by atoms with Crippen LogP contribution in [0.3, 0.4) is 0 Å². The molecule has 2 heterocycles. The number of amides is 2. The molecular formula is C21H17BrFN5O3S. The van der Waals surface area contributed by atoms with Gasteiger partial charge >= 0.3 is 0 Å². The van der Waals surface area contributed by atoms with Crippen molar-refractivity contribution in [3.8, 4) is 11.1 Å². The normalized spacial score (nSPS) is 11.1. The standard InChI is InChI=1S/C21H17BrFN5O3S/c22-21-26-18(11-32-21)20(30)25-17-7-13-9-28(5-6-31-10-19(24)29)27-16(13)8-15(17)12-1-3-14(23)4-2-12/h1-4,7-9,11H,5-6,10H2,(H2,24,29)(H,25,30). The minimum atomic E-state index is -0.535. The third kappa shape index (κ3) is 5.18. The molecule has 0 aliphatic rings. The maximum absolute atomic E-state index is 13.5. The zero-order valence-corrected chi connectivity index (χ0v) is 19.0. The Hall–Kier alpha value is -3.15. The molecule has 3 N–H and O–H groups in total. The number of nitrogens with one attached hydrogen (secondary N) is 1. The number of carbonyl (C=O) groups is 2. The third-order valence-corrected chi connectivity index (χ3v) is 5.88. The predicted molar refractivity (Wildman–Crippen MR) is 123 cm³/mol. The van der Waals surface area contributed by atoms with Gasteiger partial charge in [0.2, 0.25) is 5.91 Å². The summed E-state index contributed by atoms with van der Waals surface area (Å²) >= 11 is 4.57. The maximum atomic E-state index is 13.5. The second-order valence-corrected chi connectivity index (χ2v) is 8.95. The van der Waals surface area contributed by atoms with Crippen LogP contribution in [0.2, 0.25) is 0 Å². The number of nitrogens with zero attached hydrogens (tertiary/aromatic N) is 3. The van der Waals surface area contributed by atoms with Crippen LogP contribution < -0.4 is 11.1 Å². The number of benzene rings is 2. The number of thiazole rings is 1. The quantitative estimate of drug-likeness (QED) is 0.345. The van der Waals surface area contributed by atoms with Crippen molar-refractivity contribution < 1.29 is 18.7 Å². The lowest BCUT2D eigenvalue weighted by Crippen LogP contribution is -2.19. The predicted octanol–water partition coefficient (Wildman–Crippen LogP) is 3.82. The van der Waals surface area contributed by atoms with E-state index >= 15 is 0 Å². The molecular weight excluding hydrogens is 501 g/mol. The number of hydrogen-bond acceptors (Lipinski definition) is 6. The van der Waals surface area contributed by atoms with Crippen molar-refractivity contribution in [2.24, 2.45) is 5.73 Å². The van der Waals surface area contributed by atoms with E-state index in [2.05, 4.69) is 31.3 Å². The Bertz CT molecular complexity index is 1290. The van der Waals surface area contributed by atoms with Crippen LogP contribution in [0.5, 0.6) is 0 Å². The summed E-state index contributed by atoms with van der Waals surface area (Å²) in [7, 11) is 0. The van der Waals surface area contributed by atoms with Gasteiger partial charge in [-0.3, -0.25) is 14.3 Å². The largest absolute Gasteiger partial charge is 0.370 e. The third-order valence-electron chi connectivity index (χ3n) is 4.51. The van der Waals surface area contributed by atoms with E-state index in [0.29, 0.717) is 27.2 Å². The molecule has 0 bridgehead atoms. The number of nitrogens with two attached hydrogens (primary N) is 1. The average molecular weight is 518 g/mol. The molecule has 2 aromatic carbocycles. The summed E-state index contributed by atoms with van der Waals surface area (Å²) < 4.78 is 20.9. The van der Waals surface area contributed by atoms with Crippen molar-refractivity contribution in [2.45, 2.75) is 6.54 Å². The molecule has 2 aromatic heterocycles. The Morgan fingerprint density at radius 2 is 2.03 bits per heavy atom. The van der Waals surface area contributed by atoms with Crippen molar-refractivity contribution in [3.05, 3.63) is 63.4 Å². The van der Waals surface area contributed by atoms with Crippen LogP contribution in [0.15, 0.2) is 51.9 Å². The van der Waals surface area contributed by atoms with E-state index in [1.165, 1.54) is 23.5 Å². The van der Waals surface area contributed by atoms with Gasteiger partial charge in [-0.2, -0.15) is 5.10 Å². The second kappa shape index (κ2) is 9.55. The molecule has 11 heteroatoms. The van der Waals surface area contributed by atoms with Crippen LogP contribution in [0, 0.1) is 5.82 Å². The van der Waals surface area contributed by atoms with E-state index in [-0.39, 0.29) is 30.6 Å². The first-order valence-electron chi connectivity index (χ1n) is 9.44. The Morgan fingerprint density at radius 3 is 2.72 bits per heavy atom. The summed E-state index contributed by atoms with van der Waals surface area (Å²) in [5.74, 6) is -1.25. The van der Waals surface area contributed by atoms with Crippen LogP contribution in [0.4, 0.5) is 10.1 Å². The molecule has 32 heavy (non-hydrogen) atoms. The van der Waals surface area contributed by atoms with Gasteiger partial charge in [0.25, 0.3) is 5.91 Å². The van der Waals surface area contributed by atoms with Gasteiger partial charge in [0.1, 0.15) is 18.1 Å². The second-order valence-electron chi connectivity index (χ2n) is 6.81. The molecule has 0 spiro atoms. The fourth-order valence-corrected chi connectivity index (χ4v) is 4.07. The number of primary amides is 1. The van der Waals surface area contributed by atoms with Gasteiger partial charge in [0.15, 0.2) is 3.92 Å². The number of rotatable bonds is 8. The molecule has 0 aliphatic heterocycles. The molecule has 2 amide bonds. The maximum Gasteiger partial charge on any atom is 0.275 e. The van der Waals surface area contributed by atoms with Gasteiger partial charge in [-0.25, -0.2) is 9.37 Å². The highest BCUT2D eigenvalue weighted by Crippen LogP contribution is 2.33. The molecule has 0 aliphatic carbocycles. The monoisotopic (exact) mass is 517 g/mol. The highest BCUT2D eigenvalue weighted by molar-refractivity contribution is 9.11. The van der Waals surface area contributed by atoms with Gasteiger partial charge < -0.3 is 15.8 Å². The SMILES string of the molecule is NC(=O)COCCn1cc2cc(NC(=O)c3csc(Br)n3)c(-c3ccc(F)cc3)cc2n1. The number of anilines is 1. The molecule has 0 atom stereocenters. The molecule has 4 rings (SSSR count). The summed E-state index contributed by atoms with van der Waals surface area (Å²) in [5, 5.41) is 9.87. The van der Waals surface area contributed by atoms with E-state index < -0.39 is 5.91 Å². The van der Waals surface area contributed by atoms with Crippen molar-refractivity contribution in [1.29, 1.82) is 0 Å². The number of aromatic nitrogens is 3. The number of carbonyl (C=O) groups excluding carboxylic acids is 2. The van der Waals surface area contributed by atoms with Crippen molar-refractivity contribution in [2.75, 3.05) is 18.5 Å². The highest BCUT2D eigenvalue weighted by Gasteiger charge is 2.16. The lowest BCUT2D eigenvalue weighted by Gasteiger charge is -2.11. The van der Waals surface area contributed by atoms with Crippen LogP contribution >= 0.6 is 27.3 Å². The Morgan fingerprint density at radius 1 is 1.25 bits per heavy atom. The minimum absolute atomic E-state index is 0.154. The molecule has 0 fully saturated rings. The molecule has 0 unspecified atom stereocenters. The Balaban J connectivity index is 1.66. The minimum Gasteiger partial charge on any atom is -0.370 e. The number of halogens is 2. The first-order chi connectivity index (χ1) is 15.4. The average Bonchev–Trinajstić information content (AvgIpc) is 3.36. The fourth-order valence-electron chi connectivity index (χ4n) is 3.08. The van der Waals surface area contributed by atoms with Gasteiger partial charge in [-0.05, 0) is 45.8 Å². The molecule has 0 saturated heterocycles. The summed E-state index contributed by atoms with van der Waals surface area (Å²) in [6.07, 6.45) is 1.81. The van der Waals surface area contributed by atoms with Crippen LogP contribution in [-0.4, -0.2) is 39.8 Å². The van der Waals surface area contributed by atoms with E-state index in [9.17, 15) is 14.0 Å². The van der Waals surface area contributed by atoms with Gasteiger partial charge in [-0.1, -0.05) is 12.1 Å². The summed E-state index contributed by atoms with van der Waals surface area (Å²) in [4.78, 5) is 27.6. The molecule has 8 nitrogen and oxygen atoms in total. The molecule has 0 radical (unpaired) electrons.